The highest BCUT2D eigenvalue weighted by atomic mass is 32.1. The molecule has 2 aromatic rings. The Balaban J connectivity index is 1.93. The predicted molar refractivity (Wildman–Crippen MR) is 61.1 cm³/mol. The summed E-state index contributed by atoms with van der Waals surface area (Å²) in [7, 11) is 5.67. The van der Waals surface area contributed by atoms with Crippen LogP contribution in [0.2, 0.25) is 0 Å². The van der Waals surface area contributed by atoms with Crippen molar-refractivity contribution in [2.45, 2.75) is 18.8 Å². The minimum atomic E-state index is 0.513. The van der Waals surface area contributed by atoms with Gasteiger partial charge in [0.2, 0.25) is 4.96 Å². The van der Waals surface area contributed by atoms with E-state index in [1.54, 1.807) is 4.52 Å². The molecule has 0 saturated carbocycles. The molecule has 4 nitrogen and oxygen atoms in total. The van der Waals surface area contributed by atoms with Gasteiger partial charge in [-0.25, -0.2) is 9.50 Å². The fraction of sp³-hybridized carbons (Fsp3) is 0.556. The number of piperidine rings is 1. The van der Waals surface area contributed by atoms with Crippen LogP contribution in [0.4, 0.5) is 0 Å². The van der Waals surface area contributed by atoms with Gasteiger partial charge in [-0.3, -0.25) is 0 Å². The van der Waals surface area contributed by atoms with Crippen LogP contribution in [0.5, 0.6) is 0 Å². The van der Waals surface area contributed by atoms with Gasteiger partial charge >= 0.3 is 0 Å². The smallest absolute Gasteiger partial charge is 0.211 e. The summed E-state index contributed by atoms with van der Waals surface area (Å²) in [4.78, 5) is 5.42. The lowest BCUT2D eigenvalue weighted by atomic mass is 9.98. The Morgan fingerprint density at radius 3 is 3.00 bits per heavy atom. The van der Waals surface area contributed by atoms with E-state index in [9.17, 15) is 0 Å². The van der Waals surface area contributed by atoms with Gasteiger partial charge in [0, 0.05) is 12.1 Å². The van der Waals surface area contributed by atoms with Gasteiger partial charge in [-0.1, -0.05) is 0 Å². The first-order chi connectivity index (χ1) is 7.33. The van der Waals surface area contributed by atoms with Crippen LogP contribution < -0.4 is 10.1 Å². The highest BCUT2D eigenvalue weighted by molar-refractivity contribution is 7.24. The molecule has 3 rings (SSSR count). The van der Waals surface area contributed by atoms with Gasteiger partial charge in [0.05, 0.1) is 0 Å². The molecule has 1 fully saturated rings. The number of nitrogens with one attached hydrogen (secondary N) is 1. The van der Waals surface area contributed by atoms with E-state index < -0.39 is 0 Å². The lowest BCUT2D eigenvalue weighted by Crippen LogP contribution is -2.27. The number of hydrogen-bond donors (Lipinski definition) is 1. The molecule has 0 aromatic carbocycles. The number of nitrogens with zero attached hydrogens (tertiary/aromatic N) is 3. The summed E-state index contributed by atoms with van der Waals surface area (Å²) in [5.41, 5.74) is 0. The molecule has 1 N–H and O–H groups in total. The quantitative estimate of drug-likeness (QED) is 0.688. The summed E-state index contributed by atoms with van der Waals surface area (Å²) in [5, 5.41) is 7.81. The lowest BCUT2D eigenvalue weighted by molar-refractivity contribution is 0.445. The summed E-state index contributed by atoms with van der Waals surface area (Å²) >= 11 is 1.49. The molecular formula is C9H11BN4S. The van der Waals surface area contributed by atoms with Crippen molar-refractivity contribution in [3.8, 4) is 0 Å². The van der Waals surface area contributed by atoms with Crippen molar-refractivity contribution >= 4 is 28.9 Å². The second-order valence-corrected chi connectivity index (χ2v) is 4.90. The third-order valence-electron chi connectivity index (χ3n) is 2.78. The summed E-state index contributed by atoms with van der Waals surface area (Å²) in [6.07, 6.45) is 4.10. The standard InChI is InChI=1S/C9H11BN4S/c10-7-5-14-9(15-7)12-8(13-14)6-1-3-11-4-2-6/h5-6,11H,1-4H2. The summed E-state index contributed by atoms with van der Waals surface area (Å²) < 4.78 is 2.55. The average molecular weight is 218 g/mol. The van der Waals surface area contributed by atoms with Crippen molar-refractivity contribution in [3.05, 3.63) is 12.0 Å². The number of hydrogen-bond acceptors (Lipinski definition) is 4. The maximum atomic E-state index is 5.67. The summed E-state index contributed by atoms with van der Waals surface area (Å²) in [6.45, 7) is 2.14. The van der Waals surface area contributed by atoms with Crippen molar-refractivity contribution < 1.29 is 0 Å². The molecule has 0 spiro atoms. The Morgan fingerprint density at radius 1 is 1.47 bits per heavy atom. The van der Waals surface area contributed by atoms with Crippen LogP contribution in [0.3, 0.4) is 0 Å². The Hall–Kier alpha value is -0.875. The average Bonchev–Trinajstić information content (AvgIpc) is 2.76. The first-order valence-corrected chi connectivity index (χ1v) is 5.97. The number of thiazole rings is 1. The lowest BCUT2D eigenvalue weighted by Gasteiger charge is -2.19. The van der Waals surface area contributed by atoms with Crippen molar-refractivity contribution in [2.24, 2.45) is 0 Å². The molecule has 15 heavy (non-hydrogen) atoms. The van der Waals surface area contributed by atoms with E-state index >= 15 is 0 Å². The van der Waals surface area contributed by atoms with Gasteiger partial charge in [-0.15, -0.1) is 11.3 Å². The van der Waals surface area contributed by atoms with E-state index in [1.807, 2.05) is 6.20 Å². The van der Waals surface area contributed by atoms with Gasteiger partial charge in [-0.05, 0) is 30.7 Å². The molecule has 3 heterocycles. The van der Waals surface area contributed by atoms with Crippen LogP contribution in [0, 0.1) is 0 Å². The molecule has 0 aliphatic carbocycles. The van der Waals surface area contributed by atoms with Crippen molar-refractivity contribution in [1.29, 1.82) is 0 Å². The SMILES string of the molecule is [B]c1cn2nc(C3CCNCC3)nc2s1. The van der Waals surface area contributed by atoms with E-state index in [-0.39, 0.29) is 0 Å². The van der Waals surface area contributed by atoms with E-state index in [0.29, 0.717) is 5.92 Å². The monoisotopic (exact) mass is 218 g/mol. The zero-order chi connectivity index (χ0) is 10.3. The third-order valence-corrected chi connectivity index (χ3v) is 3.58. The first kappa shape index (κ1) is 9.36. The number of fused-ring (bicyclic) bond motifs is 1. The molecule has 2 aromatic heterocycles. The third kappa shape index (κ3) is 1.68. The Kier molecular flexibility index (Phi) is 2.25. The first-order valence-electron chi connectivity index (χ1n) is 5.15. The fourth-order valence-corrected chi connectivity index (χ4v) is 2.67. The number of aromatic nitrogens is 3. The molecule has 0 bridgehead atoms. The highest BCUT2D eigenvalue weighted by Crippen LogP contribution is 2.23. The summed E-state index contributed by atoms with van der Waals surface area (Å²) in [6, 6.07) is 0. The highest BCUT2D eigenvalue weighted by Gasteiger charge is 2.19. The number of rotatable bonds is 1. The summed E-state index contributed by atoms with van der Waals surface area (Å²) in [5.74, 6) is 1.49. The minimum absolute atomic E-state index is 0.513. The van der Waals surface area contributed by atoms with E-state index in [1.165, 1.54) is 11.3 Å². The van der Waals surface area contributed by atoms with Crippen LogP contribution in [-0.2, 0) is 0 Å². The largest absolute Gasteiger partial charge is 0.317 e. The van der Waals surface area contributed by atoms with Crippen LogP contribution in [0.1, 0.15) is 24.6 Å². The Labute approximate surface area is 93.1 Å². The van der Waals surface area contributed by atoms with Crippen LogP contribution in [0.25, 0.3) is 4.96 Å². The van der Waals surface area contributed by atoms with Crippen LogP contribution in [0.15, 0.2) is 6.20 Å². The Morgan fingerprint density at radius 2 is 2.27 bits per heavy atom. The van der Waals surface area contributed by atoms with Crippen LogP contribution >= 0.6 is 11.3 Å². The van der Waals surface area contributed by atoms with Crippen LogP contribution in [-0.4, -0.2) is 35.5 Å². The normalized spacial score (nSPS) is 18.7. The molecule has 2 radical (unpaired) electrons. The topological polar surface area (TPSA) is 42.2 Å². The second kappa shape index (κ2) is 3.61. The molecule has 1 saturated heterocycles. The van der Waals surface area contributed by atoms with Crippen molar-refractivity contribution in [1.82, 2.24) is 19.9 Å². The van der Waals surface area contributed by atoms with Gasteiger partial charge < -0.3 is 5.32 Å². The van der Waals surface area contributed by atoms with Gasteiger partial charge in [0.1, 0.15) is 7.85 Å². The minimum Gasteiger partial charge on any atom is -0.317 e. The molecule has 1 aliphatic rings. The zero-order valence-electron chi connectivity index (χ0n) is 8.31. The fourth-order valence-electron chi connectivity index (χ4n) is 1.98. The molecular weight excluding hydrogens is 207 g/mol. The molecule has 76 valence electrons. The Bertz CT molecular complexity index is 440. The molecule has 1 aliphatic heterocycles. The second-order valence-electron chi connectivity index (χ2n) is 3.85. The molecule has 0 atom stereocenters. The predicted octanol–water partition coefficient (Wildman–Crippen LogP) is 0.0516. The van der Waals surface area contributed by atoms with E-state index in [2.05, 4.69) is 15.4 Å². The molecule has 0 amide bonds. The maximum Gasteiger partial charge on any atom is 0.211 e. The van der Waals surface area contributed by atoms with E-state index in [0.717, 1.165) is 41.5 Å². The van der Waals surface area contributed by atoms with Crippen molar-refractivity contribution in [2.75, 3.05) is 13.1 Å². The van der Waals surface area contributed by atoms with Gasteiger partial charge in [-0.2, -0.15) is 5.10 Å². The van der Waals surface area contributed by atoms with Gasteiger partial charge in [0.15, 0.2) is 5.82 Å². The van der Waals surface area contributed by atoms with Gasteiger partial charge in [0.25, 0.3) is 0 Å². The zero-order valence-corrected chi connectivity index (χ0v) is 9.13. The van der Waals surface area contributed by atoms with Crippen molar-refractivity contribution in [3.63, 3.8) is 0 Å². The maximum absolute atomic E-state index is 5.67. The molecule has 0 unspecified atom stereocenters. The molecule has 6 heteroatoms. The van der Waals surface area contributed by atoms with E-state index in [4.69, 9.17) is 7.85 Å².